The van der Waals surface area contributed by atoms with Crippen molar-refractivity contribution >= 4 is 17.7 Å². The molecule has 3 amide bonds. The molecule has 3 N–H and O–H groups in total. The van der Waals surface area contributed by atoms with E-state index in [2.05, 4.69) is 85.2 Å². The summed E-state index contributed by atoms with van der Waals surface area (Å²) in [5, 5.41) is 10.5. The second kappa shape index (κ2) is 24.5. The lowest BCUT2D eigenvalue weighted by Gasteiger charge is -2.37. The van der Waals surface area contributed by atoms with E-state index in [4.69, 9.17) is 0 Å². The number of hydrogen-bond acceptors (Lipinski definition) is 3. The van der Waals surface area contributed by atoms with Gasteiger partial charge in [-0.2, -0.15) is 0 Å². The molecule has 0 aromatic carbocycles. The van der Waals surface area contributed by atoms with Crippen LogP contribution in [0, 0.1) is 5.41 Å². The molecular formula is C41H81N3O3. The number of carbonyl (C=O) groups is 3. The van der Waals surface area contributed by atoms with E-state index in [0.717, 1.165) is 116 Å². The highest BCUT2D eigenvalue weighted by atomic mass is 16.2. The molecule has 278 valence electrons. The molecular weight excluding hydrogens is 582 g/mol. The molecule has 0 aliphatic rings. The summed E-state index contributed by atoms with van der Waals surface area (Å²) in [6, 6.07) is 0. The van der Waals surface area contributed by atoms with Crippen molar-refractivity contribution in [1.29, 1.82) is 0 Å². The summed E-state index contributed by atoms with van der Waals surface area (Å²) in [5.74, 6) is 0.337. The molecule has 0 atom stereocenters. The van der Waals surface area contributed by atoms with Crippen LogP contribution < -0.4 is 16.0 Å². The lowest BCUT2D eigenvalue weighted by atomic mass is 9.76. The van der Waals surface area contributed by atoms with Crippen molar-refractivity contribution in [3.63, 3.8) is 0 Å². The van der Waals surface area contributed by atoms with Gasteiger partial charge in [-0.3, -0.25) is 14.4 Å². The molecule has 0 saturated heterocycles. The van der Waals surface area contributed by atoms with Gasteiger partial charge in [0, 0.05) is 35.9 Å². The van der Waals surface area contributed by atoms with Gasteiger partial charge in [0.05, 0.1) is 0 Å². The van der Waals surface area contributed by atoms with E-state index in [1.54, 1.807) is 0 Å². The molecule has 0 heterocycles. The Balaban J connectivity index is 5.98. The normalized spacial score (nSPS) is 12.6. The molecule has 47 heavy (non-hydrogen) atoms. The average molecular weight is 664 g/mol. The summed E-state index contributed by atoms with van der Waals surface area (Å²) in [4.78, 5) is 40.6. The Labute approximate surface area is 292 Å². The predicted octanol–water partition coefficient (Wildman–Crippen LogP) is 11.1. The van der Waals surface area contributed by atoms with Crippen LogP contribution in [0.3, 0.4) is 0 Å². The molecule has 0 rings (SSSR count). The van der Waals surface area contributed by atoms with Gasteiger partial charge in [0.15, 0.2) is 0 Å². The summed E-state index contributed by atoms with van der Waals surface area (Å²) >= 11 is 0. The number of hydrogen-bond donors (Lipinski definition) is 3. The van der Waals surface area contributed by atoms with Crippen molar-refractivity contribution in [3.8, 4) is 0 Å². The Kier molecular flexibility index (Phi) is 23.7. The quantitative estimate of drug-likeness (QED) is 0.0714. The van der Waals surface area contributed by atoms with E-state index >= 15 is 0 Å². The average Bonchev–Trinajstić information content (AvgIpc) is 2.99. The van der Waals surface area contributed by atoms with Gasteiger partial charge in [0.1, 0.15) is 0 Å². The lowest BCUT2D eigenvalue weighted by molar-refractivity contribution is -0.124. The maximum Gasteiger partial charge on any atom is 0.220 e. The standard InChI is InChI=1S/C41H81N3O3/c1-11-23-39(24-12-2,25-13-3)42-35(45)20-32-38(10,33-21-36(46)43-40(26-14-4,27-15-5)28-16-6)34-22-37(47)44-41(29-17-7,30-18-8)31-19-9/h11-34H2,1-10H3,(H,42,45)(H,43,46)(H,44,47). The fourth-order valence-electron chi connectivity index (χ4n) is 8.69. The first-order chi connectivity index (χ1) is 22.3. The summed E-state index contributed by atoms with van der Waals surface area (Å²) in [6.45, 7) is 22.0. The third-order valence-electron chi connectivity index (χ3n) is 10.6. The van der Waals surface area contributed by atoms with Gasteiger partial charge < -0.3 is 16.0 Å². The smallest absolute Gasteiger partial charge is 0.220 e. The minimum atomic E-state index is -0.291. The molecule has 0 radical (unpaired) electrons. The maximum atomic E-state index is 13.5. The largest absolute Gasteiger partial charge is 0.351 e. The fourth-order valence-corrected chi connectivity index (χ4v) is 8.69. The number of amides is 3. The van der Waals surface area contributed by atoms with E-state index in [1.165, 1.54) is 0 Å². The van der Waals surface area contributed by atoms with E-state index in [9.17, 15) is 14.4 Å². The van der Waals surface area contributed by atoms with E-state index in [-0.39, 0.29) is 39.8 Å². The van der Waals surface area contributed by atoms with Crippen LogP contribution in [0.5, 0.6) is 0 Å². The summed E-state index contributed by atoms with van der Waals surface area (Å²) in [7, 11) is 0. The molecule has 0 unspecified atom stereocenters. The zero-order chi connectivity index (χ0) is 35.8. The third kappa shape index (κ3) is 17.6. The zero-order valence-electron chi connectivity index (χ0n) is 33.2. The van der Waals surface area contributed by atoms with Gasteiger partial charge in [-0.15, -0.1) is 0 Å². The second-order valence-corrected chi connectivity index (χ2v) is 15.5. The highest BCUT2D eigenvalue weighted by Gasteiger charge is 2.34. The zero-order valence-corrected chi connectivity index (χ0v) is 33.2. The number of carbonyl (C=O) groups excluding carboxylic acids is 3. The summed E-state index contributed by atoms with van der Waals surface area (Å²) < 4.78 is 0. The third-order valence-corrected chi connectivity index (χ3v) is 10.6. The van der Waals surface area contributed by atoms with Crippen LogP contribution in [0.15, 0.2) is 0 Å². The molecule has 6 nitrogen and oxygen atoms in total. The van der Waals surface area contributed by atoms with Crippen LogP contribution in [0.2, 0.25) is 0 Å². The van der Waals surface area contributed by atoms with Crippen molar-refractivity contribution in [3.05, 3.63) is 0 Å². The first kappa shape index (κ1) is 45.4. The van der Waals surface area contributed by atoms with Gasteiger partial charge in [-0.1, -0.05) is 127 Å². The topological polar surface area (TPSA) is 87.3 Å². The molecule has 0 spiro atoms. The predicted molar refractivity (Wildman–Crippen MR) is 203 cm³/mol. The Morgan fingerprint density at radius 2 is 0.511 bits per heavy atom. The molecule has 0 saturated carbocycles. The van der Waals surface area contributed by atoms with E-state index in [1.807, 2.05) is 0 Å². The number of nitrogens with one attached hydrogen (secondary N) is 3. The summed E-state index contributed by atoms with van der Waals surface area (Å²) in [5.41, 5.74) is -0.684. The molecule has 0 fully saturated rings. The Morgan fingerprint density at radius 1 is 0.340 bits per heavy atom. The Hall–Kier alpha value is -1.59. The first-order valence-electron chi connectivity index (χ1n) is 20.3. The van der Waals surface area contributed by atoms with Gasteiger partial charge in [-0.05, 0) is 82.5 Å². The molecule has 0 bridgehead atoms. The second-order valence-electron chi connectivity index (χ2n) is 15.5. The minimum absolute atomic E-state index is 0.112. The maximum absolute atomic E-state index is 13.5. The van der Waals surface area contributed by atoms with E-state index in [0.29, 0.717) is 38.5 Å². The highest BCUT2D eigenvalue weighted by molar-refractivity contribution is 5.78. The van der Waals surface area contributed by atoms with Crippen LogP contribution in [0.4, 0.5) is 0 Å². The van der Waals surface area contributed by atoms with Crippen LogP contribution in [0.25, 0.3) is 0 Å². The molecule has 6 heteroatoms. The molecule has 0 aromatic heterocycles. The highest BCUT2D eigenvalue weighted by Crippen LogP contribution is 2.36. The van der Waals surface area contributed by atoms with Crippen LogP contribution in [0.1, 0.15) is 223 Å². The van der Waals surface area contributed by atoms with Crippen molar-refractivity contribution in [2.75, 3.05) is 0 Å². The Morgan fingerprint density at radius 3 is 0.660 bits per heavy atom. The van der Waals surface area contributed by atoms with Crippen molar-refractivity contribution in [2.45, 2.75) is 240 Å². The monoisotopic (exact) mass is 664 g/mol. The van der Waals surface area contributed by atoms with Crippen LogP contribution in [-0.2, 0) is 14.4 Å². The Bertz CT molecular complexity index is 696. The molecule has 0 aliphatic carbocycles. The fraction of sp³-hybridized carbons (Fsp3) is 0.927. The van der Waals surface area contributed by atoms with Gasteiger partial charge in [-0.25, -0.2) is 0 Å². The van der Waals surface area contributed by atoms with Gasteiger partial charge >= 0.3 is 0 Å². The lowest BCUT2D eigenvalue weighted by Crippen LogP contribution is -2.49. The molecule has 0 aliphatic heterocycles. The van der Waals surface area contributed by atoms with Gasteiger partial charge in [0.2, 0.25) is 17.7 Å². The van der Waals surface area contributed by atoms with Crippen molar-refractivity contribution in [1.82, 2.24) is 16.0 Å². The van der Waals surface area contributed by atoms with Crippen molar-refractivity contribution < 1.29 is 14.4 Å². The van der Waals surface area contributed by atoms with Gasteiger partial charge in [0.25, 0.3) is 0 Å². The summed E-state index contributed by atoms with van der Waals surface area (Å²) in [6.07, 6.45) is 21.8. The van der Waals surface area contributed by atoms with Crippen LogP contribution >= 0.6 is 0 Å². The first-order valence-corrected chi connectivity index (χ1v) is 20.3. The van der Waals surface area contributed by atoms with E-state index < -0.39 is 0 Å². The van der Waals surface area contributed by atoms with Crippen LogP contribution in [-0.4, -0.2) is 34.3 Å². The van der Waals surface area contributed by atoms with Crippen molar-refractivity contribution in [2.24, 2.45) is 5.41 Å². The molecule has 0 aromatic rings. The minimum Gasteiger partial charge on any atom is -0.351 e. The number of rotatable bonds is 30. The SMILES string of the molecule is CCCC(CCC)(CCC)NC(=O)CCC(C)(CCC(=O)NC(CCC)(CCC)CCC)CCC(=O)NC(CCC)(CCC)CCC.